The fourth-order valence-electron chi connectivity index (χ4n) is 3.63. The van der Waals surface area contributed by atoms with Gasteiger partial charge in [0.25, 0.3) is 0 Å². The lowest BCUT2D eigenvalue weighted by Crippen LogP contribution is -2.51. The van der Waals surface area contributed by atoms with Crippen molar-refractivity contribution in [3.05, 3.63) is 5.82 Å². The van der Waals surface area contributed by atoms with E-state index in [1.54, 1.807) is 0 Å². The SMILES string of the molecule is C[C@@H](Sc1nnc(C2CC2)n1C1CC1)C(=O)NC1(C#N)CCCCC1. The summed E-state index contributed by atoms with van der Waals surface area (Å²) in [4.78, 5) is 12.7. The molecule has 0 bridgehead atoms. The fourth-order valence-corrected chi connectivity index (χ4v) is 4.56. The molecule has 1 heterocycles. The van der Waals surface area contributed by atoms with Gasteiger partial charge in [0.2, 0.25) is 5.91 Å². The van der Waals surface area contributed by atoms with Gasteiger partial charge >= 0.3 is 0 Å². The standard InChI is InChI=1S/C18H25N5OS/c1-12(16(24)20-18(11-19)9-3-2-4-10-18)25-17-22-21-15(13-5-6-13)23(17)14-7-8-14/h12-14H,2-10H2,1H3,(H,20,24)/t12-/m1/s1. The van der Waals surface area contributed by atoms with Gasteiger partial charge in [0, 0.05) is 12.0 Å². The van der Waals surface area contributed by atoms with Crippen molar-refractivity contribution in [1.29, 1.82) is 5.26 Å². The van der Waals surface area contributed by atoms with Crippen molar-refractivity contribution in [1.82, 2.24) is 20.1 Å². The van der Waals surface area contributed by atoms with Crippen LogP contribution in [0.5, 0.6) is 0 Å². The number of aromatic nitrogens is 3. The number of nitriles is 1. The first-order valence-electron chi connectivity index (χ1n) is 9.46. The molecule has 6 nitrogen and oxygen atoms in total. The van der Waals surface area contributed by atoms with Gasteiger partial charge in [-0.05, 0) is 45.4 Å². The van der Waals surface area contributed by atoms with E-state index < -0.39 is 5.54 Å². The summed E-state index contributed by atoms with van der Waals surface area (Å²) in [6, 6.07) is 2.88. The van der Waals surface area contributed by atoms with Crippen LogP contribution in [0.2, 0.25) is 0 Å². The van der Waals surface area contributed by atoms with E-state index in [2.05, 4.69) is 26.2 Å². The number of thioether (sulfide) groups is 1. The van der Waals surface area contributed by atoms with Crippen LogP contribution < -0.4 is 5.32 Å². The van der Waals surface area contributed by atoms with E-state index in [-0.39, 0.29) is 11.2 Å². The smallest absolute Gasteiger partial charge is 0.234 e. The maximum absolute atomic E-state index is 12.7. The zero-order valence-corrected chi connectivity index (χ0v) is 15.5. The normalized spacial score (nSPS) is 23.7. The van der Waals surface area contributed by atoms with Gasteiger partial charge in [-0.2, -0.15) is 5.26 Å². The third kappa shape index (κ3) is 3.55. The molecule has 7 heteroatoms. The number of rotatable bonds is 6. The molecule has 25 heavy (non-hydrogen) atoms. The van der Waals surface area contributed by atoms with Crippen molar-refractivity contribution < 1.29 is 4.79 Å². The fraction of sp³-hybridized carbons (Fsp3) is 0.778. The summed E-state index contributed by atoms with van der Waals surface area (Å²) >= 11 is 1.48. The van der Waals surface area contributed by atoms with Gasteiger partial charge in [-0.25, -0.2) is 0 Å². The average Bonchev–Trinajstić information content (AvgIpc) is 3.55. The molecule has 3 fully saturated rings. The number of carbonyl (C=O) groups excluding carboxylic acids is 1. The van der Waals surface area contributed by atoms with E-state index in [4.69, 9.17) is 0 Å². The van der Waals surface area contributed by atoms with Crippen molar-refractivity contribution in [3.63, 3.8) is 0 Å². The van der Waals surface area contributed by atoms with E-state index >= 15 is 0 Å². The molecular formula is C18H25N5OS. The summed E-state index contributed by atoms with van der Waals surface area (Å²) in [5, 5.41) is 22.0. The molecule has 1 aromatic heterocycles. The number of nitrogens with one attached hydrogen (secondary N) is 1. The van der Waals surface area contributed by atoms with Crippen LogP contribution in [0.15, 0.2) is 5.16 Å². The first-order chi connectivity index (χ1) is 12.1. The molecule has 0 radical (unpaired) electrons. The zero-order chi connectivity index (χ0) is 17.4. The van der Waals surface area contributed by atoms with Crippen molar-refractivity contribution in [2.75, 3.05) is 0 Å². The Bertz CT molecular complexity index is 695. The second-order valence-electron chi connectivity index (χ2n) is 7.72. The minimum Gasteiger partial charge on any atom is -0.337 e. The summed E-state index contributed by atoms with van der Waals surface area (Å²) in [6.07, 6.45) is 9.47. The predicted octanol–water partition coefficient (Wildman–Crippen LogP) is 3.31. The van der Waals surface area contributed by atoms with E-state index in [0.717, 1.165) is 43.1 Å². The highest BCUT2D eigenvalue weighted by molar-refractivity contribution is 8.00. The van der Waals surface area contributed by atoms with Gasteiger partial charge in [-0.15, -0.1) is 10.2 Å². The van der Waals surface area contributed by atoms with Gasteiger partial charge in [0.05, 0.1) is 11.3 Å². The number of hydrogen-bond acceptors (Lipinski definition) is 5. The second-order valence-corrected chi connectivity index (χ2v) is 9.03. The van der Waals surface area contributed by atoms with Crippen molar-refractivity contribution >= 4 is 17.7 Å². The quantitative estimate of drug-likeness (QED) is 0.788. The summed E-state index contributed by atoms with van der Waals surface area (Å²) < 4.78 is 2.27. The molecule has 0 saturated heterocycles. The highest BCUT2D eigenvalue weighted by Gasteiger charge is 2.38. The lowest BCUT2D eigenvalue weighted by atomic mass is 9.83. The maximum Gasteiger partial charge on any atom is 0.234 e. The van der Waals surface area contributed by atoms with Crippen LogP contribution in [0.25, 0.3) is 0 Å². The Hall–Kier alpha value is -1.55. The molecule has 134 valence electrons. The average molecular weight is 359 g/mol. The highest BCUT2D eigenvalue weighted by atomic mass is 32.2. The first kappa shape index (κ1) is 16.9. The minimum absolute atomic E-state index is 0.0632. The number of hydrogen-bond donors (Lipinski definition) is 1. The summed E-state index contributed by atoms with van der Waals surface area (Å²) in [5.41, 5.74) is -0.673. The van der Waals surface area contributed by atoms with E-state index in [1.165, 1.54) is 37.4 Å². The molecule has 3 aliphatic carbocycles. The monoisotopic (exact) mass is 359 g/mol. The van der Waals surface area contributed by atoms with Crippen molar-refractivity contribution in [2.45, 2.75) is 92.6 Å². The van der Waals surface area contributed by atoms with Gasteiger partial charge in [0.15, 0.2) is 5.16 Å². The molecule has 3 aliphatic rings. The molecule has 0 aromatic carbocycles. The van der Waals surface area contributed by atoms with Crippen molar-refractivity contribution in [3.8, 4) is 6.07 Å². The lowest BCUT2D eigenvalue weighted by molar-refractivity contribution is -0.121. The molecule has 0 aliphatic heterocycles. The van der Waals surface area contributed by atoms with Crippen LogP contribution in [-0.2, 0) is 4.79 Å². The Morgan fingerprint density at radius 2 is 2.00 bits per heavy atom. The van der Waals surface area contributed by atoms with Crippen LogP contribution in [0.4, 0.5) is 0 Å². The van der Waals surface area contributed by atoms with E-state index in [0.29, 0.717) is 12.0 Å². The minimum atomic E-state index is -0.673. The largest absolute Gasteiger partial charge is 0.337 e. The lowest BCUT2D eigenvalue weighted by Gasteiger charge is -2.32. The highest BCUT2D eigenvalue weighted by Crippen LogP contribution is 2.46. The third-order valence-electron chi connectivity index (χ3n) is 5.48. The topological polar surface area (TPSA) is 83.6 Å². The molecule has 1 atom stereocenters. The molecule has 0 spiro atoms. The van der Waals surface area contributed by atoms with E-state index in [1.807, 2.05) is 6.92 Å². The number of carbonyl (C=O) groups is 1. The zero-order valence-electron chi connectivity index (χ0n) is 14.7. The van der Waals surface area contributed by atoms with Crippen LogP contribution in [-0.4, -0.2) is 31.5 Å². The molecule has 4 rings (SSSR count). The Morgan fingerprint density at radius 3 is 2.60 bits per heavy atom. The second kappa shape index (κ2) is 6.64. The van der Waals surface area contributed by atoms with Crippen LogP contribution in [0.3, 0.4) is 0 Å². The molecular weight excluding hydrogens is 334 g/mol. The van der Waals surface area contributed by atoms with Gasteiger partial charge in [0.1, 0.15) is 11.4 Å². The molecule has 1 aromatic rings. The summed E-state index contributed by atoms with van der Waals surface area (Å²) in [5.74, 6) is 1.61. The van der Waals surface area contributed by atoms with Crippen LogP contribution in [0.1, 0.15) is 82.5 Å². The number of amides is 1. The Kier molecular flexibility index (Phi) is 4.48. The maximum atomic E-state index is 12.7. The third-order valence-corrected chi connectivity index (χ3v) is 6.54. The molecule has 1 N–H and O–H groups in total. The Morgan fingerprint density at radius 1 is 1.28 bits per heavy atom. The van der Waals surface area contributed by atoms with Crippen molar-refractivity contribution in [2.24, 2.45) is 0 Å². The van der Waals surface area contributed by atoms with Gasteiger partial charge < -0.3 is 9.88 Å². The summed E-state index contributed by atoms with van der Waals surface area (Å²) in [6.45, 7) is 1.90. The first-order valence-corrected chi connectivity index (χ1v) is 10.3. The van der Waals surface area contributed by atoms with Crippen LogP contribution >= 0.6 is 11.8 Å². The number of nitrogens with zero attached hydrogens (tertiary/aromatic N) is 4. The van der Waals surface area contributed by atoms with Gasteiger partial charge in [-0.3, -0.25) is 4.79 Å². The molecule has 1 amide bonds. The molecule has 0 unspecified atom stereocenters. The van der Waals surface area contributed by atoms with Crippen LogP contribution in [0, 0.1) is 11.3 Å². The Balaban J connectivity index is 1.44. The summed E-state index contributed by atoms with van der Waals surface area (Å²) in [7, 11) is 0. The molecule has 3 saturated carbocycles. The van der Waals surface area contributed by atoms with E-state index in [9.17, 15) is 10.1 Å². The Labute approximate surface area is 152 Å². The van der Waals surface area contributed by atoms with Gasteiger partial charge in [-0.1, -0.05) is 31.0 Å². The predicted molar refractivity (Wildman–Crippen MR) is 95.2 cm³/mol.